The second-order valence-electron chi connectivity index (χ2n) is 5.23. The maximum Gasteiger partial charge on any atom is 0.413 e. The van der Waals surface area contributed by atoms with Crippen molar-refractivity contribution in [2.45, 2.75) is 13.3 Å². The average molecular weight is 303 g/mol. The lowest BCUT2D eigenvalue weighted by atomic mass is 10.1. The van der Waals surface area contributed by atoms with Crippen LogP contribution in [0.25, 0.3) is 10.9 Å². The van der Waals surface area contributed by atoms with Gasteiger partial charge in [-0.05, 0) is 30.2 Å². The molecule has 2 rings (SSSR count). The first-order valence-electron chi connectivity index (χ1n) is 7.08. The van der Waals surface area contributed by atoms with Crippen molar-refractivity contribution in [3.8, 4) is 0 Å². The number of anilines is 1. The Labute approximate surface area is 129 Å². The van der Waals surface area contributed by atoms with Crippen LogP contribution in [0.3, 0.4) is 0 Å². The highest BCUT2D eigenvalue weighted by atomic mass is 16.5. The van der Waals surface area contributed by atoms with Gasteiger partial charge in [0.1, 0.15) is 0 Å². The van der Waals surface area contributed by atoms with Gasteiger partial charge in [0.15, 0.2) is 0 Å². The standard InChI is InChI=1S/C16H21N3O3/c1-11(20)17-8-7-12-10-18(2)15-6-5-13(9-14(12)15)19(3)16(21)22-4/h5-6,9-10H,7-8H2,1-4H3,(H,17,20). The fraction of sp³-hybridized carbons (Fsp3) is 0.375. The van der Waals surface area contributed by atoms with E-state index in [1.54, 1.807) is 7.05 Å². The summed E-state index contributed by atoms with van der Waals surface area (Å²) in [6, 6.07) is 5.83. The number of nitrogens with one attached hydrogen (secondary N) is 1. The number of methoxy groups -OCH3 is 1. The Balaban J connectivity index is 2.33. The molecule has 0 aliphatic rings. The number of ether oxygens (including phenoxy) is 1. The van der Waals surface area contributed by atoms with Gasteiger partial charge in [-0.15, -0.1) is 0 Å². The number of aromatic nitrogens is 1. The van der Waals surface area contributed by atoms with Crippen LogP contribution in [0.5, 0.6) is 0 Å². The summed E-state index contributed by atoms with van der Waals surface area (Å²) < 4.78 is 6.78. The highest BCUT2D eigenvalue weighted by Gasteiger charge is 2.13. The van der Waals surface area contributed by atoms with Crippen LogP contribution >= 0.6 is 0 Å². The molecule has 0 aliphatic heterocycles. The van der Waals surface area contributed by atoms with Crippen molar-refractivity contribution in [2.24, 2.45) is 7.05 Å². The van der Waals surface area contributed by atoms with Gasteiger partial charge in [0.2, 0.25) is 5.91 Å². The first-order valence-corrected chi connectivity index (χ1v) is 7.08. The van der Waals surface area contributed by atoms with Crippen molar-refractivity contribution in [1.29, 1.82) is 0 Å². The van der Waals surface area contributed by atoms with E-state index in [1.807, 2.05) is 29.8 Å². The lowest BCUT2D eigenvalue weighted by molar-refractivity contribution is -0.118. The SMILES string of the molecule is COC(=O)N(C)c1ccc2c(c1)c(CCNC(C)=O)cn2C. The average Bonchev–Trinajstić information content (AvgIpc) is 2.81. The van der Waals surface area contributed by atoms with Gasteiger partial charge >= 0.3 is 6.09 Å². The molecule has 1 N–H and O–H groups in total. The van der Waals surface area contributed by atoms with E-state index in [9.17, 15) is 9.59 Å². The molecular formula is C16H21N3O3. The number of aryl methyl sites for hydroxylation is 1. The predicted octanol–water partition coefficient (Wildman–Crippen LogP) is 2.06. The Morgan fingerprint density at radius 1 is 1.36 bits per heavy atom. The van der Waals surface area contributed by atoms with E-state index in [0.29, 0.717) is 6.54 Å². The zero-order chi connectivity index (χ0) is 16.3. The van der Waals surface area contributed by atoms with Gasteiger partial charge in [-0.3, -0.25) is 9.69 Å². The molecule has 6 heteroatoms. The van der Waals surface area contributed by atoms with E-state index in [1.165, 1.54) is 18.9 Å². The summed E-state index contributed by atoms with van der Waals surface area (Å²) >= 11 is 0. The van der Waals surface area contributed by atoms with Crippen molar-refractivity contribution >= 4 is 28.6 Å². The topological polar surface area (TPSA) is 63.6 Å². The number of fused-ring (bicyclic) bond motifs is 1. The summed E-state index contributed by atoms with van der Waals surface area (Å²) in [4.78, 5) is 24.1. The molecule has 2 amide bonds. The summed E-state index contributed by atoms with van der Waals surface area (Å²) in [7, 11) is 5.01. The fourth-order valence-corrected chi connectivity index (χ4v) is 2.49. The molecule has 0 fully saturated rings. The number of carbonyl (C=O) groups excluding carboxylic acids is 2. The lowest BCUT2D eigenvalue weighted by Crippen LogP contribution is -2.25. The van der Waals surface area contributed by atoms with Crippen LogP contribution in [-0.4, -0.2) is 37.3 Å². The van der Waals surface area contributed by atoms with Gasteiger partial charge in [0, 0.05) is 50.4 Å². The maximum atomic E-state index is 11.6. The predicted molar refractivity (Wildman–Crippen MR) is 86.1 cm³/mol. The van der Waals surface area contributed by atoms with Gasteiger partial charge in [-0.1, -0.05) is 0 Å². The first kappa shape index (κ1) is 15.9. The van der Waals surface area contributed by atoms with Crippen molar-refractivity contribution < 1.29 is 14.3 Å². The molecule has 0 unspecified atom stereocenters. The molecule has 0 saturated heterocycles. The zero-order valence-corrected chi connectivity index (χ0v) is 13.3. The van der Waals surface area contributed by atoms with Crippen LogP contribution in [0.2, 0.25) is 0 Å². The van der Waals surface area contributed by atoms with E-state index in [4.69, 9.17) is 4.74 Å². The molecule has 0 spiro atoms. The summed E-state index contributed by atoms with van der Waals surface area (Å²) in [6.07, 6.45) is 2.38. The second-order valence-corrected chi connectivity index (χ2v) is 5.23. The number of rotatable bonds is 4. The summed E-state index contributed by atoms with van der Waals surface area (Å²) in [5.74, 6) is -0.0358. The minimum absolute atomic E-state index is 0.0358. The van der Waals surface area contributed by atoms with E-state index in [2.05, 4.69) is 11.5 Å². The van der Waals surface area contributed by atoms with Crippen LogP contribution in [0, 0.1) is 0 Å². The Kier molecular flexibility index (Phi) is 4.70. The number of benzene rings is 1. The normalized spacial score (nSPS) is 10.5. The molecule has 0 aliphatic carbocycles. The third-order valence-electron chi connectivity index (χ3n) is 3.66. The Bertz CT molecular complexity index is 706. The van der Waals surface area contributed by atoms with E-state index < -0.39 is 6.09 Å². The molecule has 0 atom stereocenters. The molecule has 118 valence electrons. The van der Waals surface area contributed by atoms with Gasteiger partial charge in [-0.25, -0.2) is 4.79 Å². The van der Waals surface area contributed by atoms with E-state index >= 15 is 0 Å². The van der Waals surface area contributed by atoms with Crippen LogP contribution in [0.15, 0.2) is 24.4 Å². The highest BCUT2D eigenvalue weighted by Crippen LogP contribution is 2.26. The van der Waals surface area contributed by atoms with Crippen LogP contribution < -0.4 is 10.2 Å². The van der Waals surface area contributed by atoms with Crippen molar-refractivity contribution in [2.75, 3.05) is 25.6 Å². The van der Waals surface area contributed by atoms with Gasteiger partial charge in [0.05, 0.1) is 7.11 Å². The smallest absolute Gasteiger partial charge is 0.413 e. The molecular weight excluding hydrogens is 282 g/mol. The Hall–Kier alpha value is -2.50. The second kappa shape index (κ2) is 6.51. The number of hydrogen-bond acceptors (Lipinski definition) is 3. The Morgan fingerprint density at radius 2 is 2.09 bits per heavy atom. The summed E-state index contributed by atoms with van der Waals surface area (Å²) in [5.41, 5.74) is 2.98. The van der Waals surface area contributed by atoms with Crippen molar-refractivity contribution in [1.82, 2.24) is 9.88 Å². The lowest BCUT2D eigenvalue weighted by Gasteiger charge is -2.15. The number of carbonyl (C=O) groups is 2. The third-order valence-corrected chi connectivity index (χ3v) is 3.66. The minimum Gasteiger partial charge on any atom is -0.452 e. The van der Waals surface area contributed by atoms with Gasteiger partial charge < -0.3 is 14.6 Å². The quantitative estimate of drug-likeness (QED) is 0.940. The van der Waals surface area contributed by atoms with Crippen molar-refractivity contribution in [3.05, 3.63) is 30.0 Å². The number of hydrogen-bond donors (Lipinski definition) is 1. The van der Waals surface area contributed by atoms with E-state index in [0.717, 1.165) is 28.6 Å². The first-order chi connectivity index (χ1) is 10.4. The monoisotopic (exact) mass is 303 g/mol. The summed E-state index contributed by atoms with van der Waals surface area (Å²) in [5, 5.41) is 3.87. The molecule has 0 bridgehead atoms. The van der Waals surface area contributed by atoms with Crippen molar-refractivity contribution in [3.63, 3.8) is 0 Å². The minimum atomic E-state index is -0.407. The largest absolute Gasteiger partial charge is 0.452 e. The maximum absolute atomic E-state index is 11.6. The Morgan fingerprint density at radius 3 is 2.73 bits per heavy atom. The molecule has 22 heavy (non-hydrogen) atoms. The van der Waals surface area contributed by atoms with Gasteiger partial charge in [0.25, 0.3) is 0 Å². The van der Waals surface area contributed by atoms with Crippen LogP contribution in [-0.2, 0) is 23.0 Å². The fourth-order valence-electron chi connectivity index (χ4n) is 2.49. The van der Waals surface area contributed by atoms with Crippen LogP contribution in [0.1, 0.15) is 12.5 Å². The summed E-state index contributed by atoms with van der Waals surface area (Å²) in [6.45, 7) is 2.10. The molecule has 0 saturated carbocycles. The number of nitrogens with zero attached hydrogens (tertiary/aromatic N) is 2. The molecule has 1 aromatic heterocycles. The van der Waals surface area contributed by atoms with Crippen LogP contribution in [0.4, 0.5) is 10.5 Å². The molecule has 1 heterocycles. The van der Waals surface area contributed by atoms with Gasteiger partial charge in [-0.2, -0.15) is 0 Å². The third kappa shape index (κ3) is 3.21. The molecule has 0 radical (unpaired) electrons. The molecule has 6 nitrogen and oxygen atoms in total. The zero-order valence-electron chi connectivity index (χ0n) is 13.3. The highest BCUT2D eigenvalue weighted by molar-refractivity contribution is 5.93. The molecule has 2 aromatic rings. The number of amides is 2. The van der Waals surface area contributed by atoms with E-state index in [-0.39, 0.29) is 5.91 Å². The molecule has 1 aromatic carbocycles.